The number of fused-ring (bicyclic) bond motifs is 1. The molecule has 160 valence electrons. The summed E-state index contributed by atoms with van der Waals surface area (Å²) in [5.74, 6) is -0.0213. The van der Waals surface area contributed by atoms with Crippen LogP contribution in [0.3, 0.4) is 0 Å². The van der Waals surface area contributed by atoms with E-state index in [1.807, 2.05) is 36.9 Å². The van der Waals surface area contributed by atoms with Crippen molar-refractivity contribution in [2.24, 2.45) is 5.92 Å². The highest BCUT2D eigenvalue weighted by Gasteiger charge is 2.30. The highest BCUT2D eigenvalue weighted by atomic mass is 19.4. The number of carbonyl (C=O) groups is 2. The molecular weight excluding hydrogens is 393 g/mol. The Balaban J connectivity index is 1.65. The number of nitrogens with zero attached hydrogens (tertiary/aromatic N) is 1. The van der Waals surface area contributed by atoms with Crippen molar-refractivity contribution in [3.8, 4) is 0 Å². The zero-order chi connectivity index (χ0) is 21.9. The molecule has 0 aliphatic carbocycles. The number of hydrogen-bond acceptors (Lipinski definition) is 2. The maximum Gasteiger partial charge on any atom is 0.416 e. The molecule has 0 unspecified atom stereocenters. The summed E-state index contributed by atoms with van der Waals surface area (Å²) >= 11 is 0. The van der Waals surface area contributed by atoms with Crippen LogP contribution in [0.25, 0.3) is 0 Å². The largest absolute Gasteiger partial charge is 0.416 e. The third kappa shape index (κ3) is 5.20. The van der Waals surface area contributed by atoms with Gasteiger partial charge in [0.25, 0.3) is 5.91 Å². The Bertz CT molecular complexity index is 921. The molecule has 0 radical (unpaired) electrons. The van der Waals surface area contributed by atoms with Crippen LogP contribution in [-0.4, -0.2) is 18.4 Å². The van der Waals surface area contributed by atoms with Crippen molar-refractivity contribution in [1.29, 1.82) is 0 Å². The van der Waals surface area contributed by atoms with Crippen molar-refractivity contribution in [3.05, 3.63) is 64.7 Å². The van der Waals surface area contributed by atoms with Crippen molar-refractivity contribution < 1.29 is 22.8 Å². The predicted octanol–water partition coefficient (Wildman–Crippen LogP) is 4.96. The Hall–Kier alpha value is -2.83. The number of hydrogen-bond donors (Lipinski definition) is 1. The van der Waals surface area contributed by atoms with Gasteiger partial charge >= 0.3 is 6.18 Å². The van der Waals surface area contributed by atoms with Gasteiger partial charge in [-0.3, -0.25) is 9.59 Å². The third-order valence-corrected chi connectivity index (χ3v) is 5.07. The van der Waals surface area contributed by atoms with E-state index < -0.39 is 17.6 Å². The lowest BCUT2D eigenvalue weighted by Gasteiger charge is -2.30. The molecule has 0 bridgehead atoms. The van der Waals surface area contributed by atoms with Crippen molar-refractivity contribution >= 4 is 17.5 Å². The first kappa shape index (κ1) is 21.9. The highest BCUT2D eigenvalue weighted by molar-refractivity contribution is 5.95. The van der Waals surface area contributed by atoms with Gasteiger partial charge in [0.05, 0.1) is 5.56 Å². The minimum atomic E-state index is -4.43. The number of benzene rings is 2. The molecule has 0 spiro atoms. The summed E-state index contributed by atoms with van der Waals surface area (Å²) in [7, 11) is 0. The fourth-order valence-corrected chi connectivity index (χ4v) is 3.57. The Labute approximate surface area is 174 Å². The van der Waals surface area contributed by atoms with Crippen LogP contribution in [0.15, 0.2) is 42.5 Å². The molecule has 2 aromatic rings. The van der Waals surface area contributed by atoms with Crippen molar-refractivity contribution in [2.75, 3.05) is 11.4 Å². The molecule has 1 aliphatic heterocycles. The topological polar surface area (TPSA) is 49.4 Å². The summed E-state index contributed by atoms with van der Waals surface area (Å²) in [6.45, 7) is 5.01. The molecule has 4 nitrogen and oxygen atoms in total. The first-order chi connectivity index (χ1) is 14.1. The van der Waals surface area contributed by atoms with E-state index in [1.165, 1.54) is 12.1 Å². The molecule has 0 saturated heterocycles. The van der Waals surface area contributed by atoms with Gasteiger partial charge in [0.15, 0.2) is 0 Å². The maximum atomic E-state index is 12.6. The standard InChI is InChI=1S/C23H25F3N2O2/c1-15(2)12-21(29)28-11-3-4-18-13-16(5-10-20(18)28)14-27-22(30)17-6-8-19(9-7-17)23(24,25)26/h5-10,13,15H,3-4,11-12,14H2,1-2H3,(H,27,30). The second kappa shape index (κ2) is 8.90. The number of amides is 2. The quantitative estimate of drug-likeness (QED) is 0.746. The molecule has 0 aromatic heterocycles. The first-order valence-electron chi connectivity index (χ1n) is 10.0. The van der Waals surface area contributed by atoms with E-state index in [0.717, 1.165) is 41.8 Å². The molecule has 1 aliphatic rings. The zero-order valence-electron chi connectivity index (χ0n) is 17.1. The van der Waals surface area contributed by atoms with Gasteiger partial charge in [0, 0.05) is 30.8 Å². The fraction of sp³-hybridized carbons (Fsp3) is 0.391. The number of aryl methyl sites for hydroxylation is 1. The Morgan fingerprint density at radius 3 is 2.43 bits per heavy atom. The summed E-state index contributed by atoms with van der Waals surface area (Å²) in [6, 6.07) is 9.90. The average molecular weight is 418 g/mol. The Morgan fingerprint density at radius 1 is 1.10 bits per heavy atom. The Kier molecular flexibility index (Phi) is 6.48. The number of rotatable bonds is 5. The number of anilines is 1. The van der Waals surface area contributed by atoms with Gasteiger partial charge in [-0.15, -0.1) is 0 Å². The molecule has 0 fully saturated rings. The number of halogens is 3. The van der Waals surface area contributed by atoms with Crippen LogP contribution in [0.5, 0.6) is 0 Å². The van der Waals surface area contributed by atoms with Gasteiger partial charge in [0.1, 0.15) is 0 Å². The van der Waals surface area contributed by atoms with E-state index in [1.54, 1.807) is 0 Å². The molecule has 7 heteroatoms. The van der Waals surface area contributed by atoms with Gasteiger partial charge in [-0.2, -0.15) is 13.2 Å². The molecule has 2 amide bonds. The summed E-state index contributed by atoms with van der Waals surface area (Å²) < 4.78 is 37.9. The van der Waals surface area contributed by atoms with Gasteiger partial charge in [-0.05, 0) is 60.2 Å². The third-order valence-electron chi connectivity index (χ3n) is 5.07. The summed E-state index contributed by atoms with van der Waals surface area (Å²) in [4.78, 5) is 26.6. The van der Waals surface area contributed by atoms with Crippen LogP contribution < -0.4 is 10.2 Å². The minimum Gasteiger partial charge on any atom is -0.348 e. The lowest BCUT2D eigenvalue weighted by molar-refractivity contribution is -0.137. The molecule has 1 heterocycles. The summed E-state index contributed by atoms with van der Waals surface area (Å²) in [6.07, 6.45) is -2.17. The van der Waals surface area contributed by atoms with Crippen LogP contribution >= 0.6 is 0 Å². The fourth-order valence-electron chi connectivity index (χ4n) is 3.57. The second-order valence-electron chi connectivity index (χ2n) is 7.97. The zero-order valence-corrected chi connectivity index (χ0v) is 17.1. The van der Waals surface area contributed by atoms with Crippen LogP contribution in [0.2, 0.25) is 0 Å². The summed E-state index contributed by atoms with van der Waals surface area (Å²) in [5.41, 5.74) is 2.26. The number of alkyl halides is 3. The molecule has 3 rings (SSSR count). The van der Waals surface area contributed by atoms with Crippen molar-refractivity contribution in [2.45, 2.75) is 45.8 Å². The van der Waals surface area contributed by atoms with Crippen LogP contribution in [0.4, 0.5) is 18.9 Å². The minimum absolute atomic E-state index is 0.120. The second-order valence-corrected chi connectivity index (χ2v) is 7.97. The molecular formula is C23H25F3N2O2. The van der Waals surface area contributed by atoms with Crippen LogP contribution in [0, 0.1) is 5.92 Å². The predicted molar refractivity (Wildman–Crippen MR) is 109 cm³/mol. The van der Waals surface area contributed by atoms with E-state index in [-0.39, 0.29) is 18.0 Å². The summed E-state index contributed by atoms with van der Waals surface area (Å²) in [5, 5.41) is 2.74. The van der Waals surface area contributed by atoms with Gasteiger partial charge < -0.3 is 10.2 Å². The van der Waals surface area contributed by atoms with Gasteiger partial charge in [-0.1, -0.05) is 26.0 Å². The SMILES string of the molecule is CC(C)CC(=O)N1CCCc2cc(CNC(=O)c3ccc(C(F)(F)F)cc3)ccc21. The van der Waals surface area contributed by atoms with E-state index in [4.69, 9.17) is 0 Å². The molecule has 0 saturated carbocycles. The first-order valence-corrected chi connectivity index (χ1v) is 10.0. The van der Waals surface area contributed by atoms with E-state index in [0.29, 0.717) is 18.9 Å². The number of carbonyl (C=O) groups excluding carboxylic acids is 2. The average Bonchev–Trinajstić information content (AvgIpc) is 2.70. The van der Waals surface area contributed by atoms with E-state index in [9.17, 15) is 22.8 Å². The van der Waals surface area contributed by atoms with E-state index in [2.05, 4.69) is 5.32 Å². The maximum absolute atomic E-state index is 12.6. The van der Waals surface area contributed by atoms with Gasteiger partial charge in [0.2, 0.25) is 5.91 Å². The lowest BCUT2D eigenvalue weighted by atomic mass is 9.98. The van der Waals surface area contributed by atoms with Crippen molar-refractivity contribution in [1.82, 2.24) is 5.32 Å². The lowest BCUT2D eigenvalue weighted by Crippen LogP contribution is -2.36. The van der Waals surface area contributed by atoms with Crippen LogP contribution in [-0.2, 0) is 23.9 Å². The molecule has 0 atom stereocenters. The number of nitrogens with one attached hydrogen (secondary N) is 1. The Morgan fingerprint density at radius 2 is 1.80 bits per heavy atom. The normalized spacial score (nSPS) is 13.9. The van der Waals surface area contributed by atoms with Gasteiger partial charge in [-0.25, -0.2) is 0 Å². The highest BCUT2D eigenvalue weighted by Crippen LogP contribution is 2.30. The molecule has 2 aromatic carbocycles. The molecule has 30 heavy (non-hydrogen) atoms. The van der Waals surface area contributed by atoms with Crippen molar-refractivity contribution in [3.63, 3.8) is 0 Å². The molecule has 1 N–H and O–H groups in total. The van der Waals surface area contributed by atoms with Crippen LogP contribution in [0.1, 0.15) is 53.7 Å². The smallest absolute Gasteiger partial charge is 0.348 e. The van der Waals surface area contributed by atoms with E-state index >= 15 is 0 Å². The monoisotopic (exact) mass is 418 g/mol.